The monoisotopic (exact) mass is 384 g/mol. The van der Waals surface area contributed by atoms with E-state index >= 15 is 0 Å². The number of nitrogens with zero attached hydrogens (tertiary/aromatic N) is 1. The quantitative estimate of drug-likeness (QED) is 0.395. The highest BCUT2D eigenvalue weighted by Crippen LogP contribution is 2.36. The highest BCUT2D eigenvalue weighted by atomic mass is 32.1. The first-order chi connectivity index (χ1) is 12.9. The highest BCUT2D eigenvalue weighted by molar-refractivity contribution is 7.23. The molecular formula is C19H16N2O5S. The minimum atomic E-state index is -0.532. The summed E-state index contributed by atoms with van der Waals surface area (Å²) in [6.07, 6.45) is 0. The zero-order valence-corrected chi connectivity index (χ0v) is 15.5. The number of rotatable bonds is 5. The Labute approximate surface area is 158 Å². The number of nitro benzene ring substituents is 1. The third-order valence-corrected chi connectivity index (χ3v) is 5.13. The topological polar surface area (TPSA) is 98.5 Å². The summed E-state index contributed by atoms with van der Waals surface area (Å²) in [6, 6.07) is 11.6. The number of fused-ring (bicyclic) bond motifs is 1. The van der Waals surface area contributed by atoms with Gasteiger partial charge in [0.1, 0.15) is 10.6 Å². The first-order valence-corrected chi connectivity index (χ1v) is 8.99. The van der Waals surface area contributed by atoms with Crippen LogP contribution in [0, 0.1) is 17.0 Å². The highest BCUT2D eigenvalue weighted by Gasteiger charge is 2.24. The molecule has 3 rings (SSSR count). The summed E-state index contributed by atoms with van der Waals surface area (Å²) in [7, 11) is 0. The number of carbonyl (C=O) groups is 2. The minimum Gasteiger partial charge on any atom is -0.462 e. The third kappa shape index (κ3) is 3.52. The van der Waals surface area contributed by atoms with Crippen molar-refractivity contribution in [1.82, 2.24) is 0 Å². The standard InChI is InChI=1S/C19H16N2O5S/c1-3-26-19(23)16-13-7-4-5-10-15(13)27-18(16)20-17(22)12-8-6-9-14(11(12)2)21(24)25/h4-10H,3H2,1-2H3,(H,20,22). The van der Waals surface area contributed by atoms with Gasteiger partial charge in [-0.1, -0.05) is 24.3 Å². The van der Waals surface area contributed by atoms with Crippen LogP contribution in [0.15, 0.2) is 42.5 Å². The molecule has 3 aromatic rings. The second kappa shape index (κ2) is 7.55. The maximum atomic E-state index is 12.7. The maximum absolute atomic E-state index is 12.7. The molecule has 0 unspecified atom stereocenters. The zero-order chi connectivity index (χ0) is 19.6. The van der Waals surface area contributed by atoms with E-state index in [9.17, 15) is 19.7 Å². The molecular weight excluding hydrogens is 368 g/mol. The van der Waals surface area contributed by atoms with Crippen LogP contribution >= 0.6 is 11.3 Å². The van der Waals surface area contributed by atoms with Crippen molar-refractivity contribution in [3.8, 4) is 0 Å². The number of benzene rings is 2. The van der Waals surface area contributed by atoms with Gasteiger partial charge in [-0.15, -0.1) is 11.3 Å². The first kappa shape index (κ1) is 18.5. The van der Waals surface area contributed by atoms with Crippen LogP contribution in [-0.4, -0.2) is 23.4 Å². The minimum absolute atomic E-state index is 0.135. The van der Waals surface area contributed by atoms with Crippen LogP contribution in [0.1, 0.15) is 33.2 Å². The summed E-state index contributed by atoms with van der Waals surface area (Å²) < 4.78 is 5.95. The van der Waals surface area contributed by atoms with E-state index in [-0.39, 0.29) is 29.0 Å². The number of hydrogen-bond donors (Lipinski definition) is 1. The Morgan fingerprint density at radius 2 is 1.93 bits per heavy atom. The maximum Gasteiger partial charge on any atom is 0.341 e. The van der Waals surface area contributed by atoms with E-state index in [0.717, 1.165) is 4.70 Å². The summed E-state index contributed by atoms with van der Waals surface area (Å²) in [4.78, 5) is 35.7. The summed E-state index contributed by atoms with van der Waals surface area (Å²) in [5.74, 6) is -1.05. The molecule has 138 valence electrons. The predicted molar refractivity (Wildman–Crippen MR) is 104 cm³/mol. The lowest BCUT2D eigenvalue weighted by Gasteiger charge is -2.08. The molecule has 0 bridgehead atoms. The van der Waals surface area contributed by atoms with Gasteiger partial charge in [0.15, 0.2) is 0 Å². The number of nitro groups is 1. The Balaban J connectivity index is 2.03. The molecule has 0 saturated heterocycles. The second-order valence-corrected chi connectivity index (χ2v) is 6.74. The van der Waals surface area contributed by atoms with Gasteiger partial charge in [-0.2, -0.15) is 0 Å². The fraction of sp³-hybridized carbons (Fsp3) is 0.158. The lowest BCUT2D eigenvalue weighted by molar-refractivity contribution is -0.385. The van der Waals surface area contributed by atoms with Crippen molar-refractivity contribution in [3.05, 3.63) is 69.3 Å². The number of nitrogens with one attached hydrogen (secondary N) is 1. The Hall–Kier alpha value is -3.26. The van der Waals surface area contributed by atoms with Crippen molar-refractivity contribution in [2.24, 2.45) is 0 Å². The zero-order valence-electron chi connectivity index (χ0n) is 14.6. The molecule has 8 heteroatoms. The molecule has 2 aromatic carbocycles. The summed E-state index contributed by atoms with van der Waals surface area (Å²) in [5.41, 5.74) is 0.591. The first-order valence-electron chi connectivity index (χ1n) is 8.18. The van der Waals surface area contributed by atoms with Crippen molar-refractivity contribution in [2.75, 3.05) is 11.9 Å². The summed E-state index contributed by atoms with van der Waals surface area (Å²) in [6.45, 7) is 3.43. The number of carbonyl (C=O) groups excluding carboxylic acids is 2. The van der Waals surface area contributed by atoms with E-state index < -0.39 is 16.8 Å². The van der Waals surface area contributed by atoms with E-state index in [2.05, 4.69) is 5.32 Å². The molecule has 1 aromatic heterocycles. The largest absolute Gasteiger partial charge is 0.462 e. The smallest absolute Gasteiger partial charge is 0.341 e. The average molecular weight is 384 g/mol. The molecule has 1 amide bonds. The molecule has 0 radical (unpaired) electrons. The Bertz CT molecular complexity index is 1060. The van der Waals surface area contributed by atoms with E-state index in [1.807, 2.05) is 12.1 Å². The van der Waals surface area contributed by atoms with Crippen molar-refractivity contribution in [3.63, 3.8) is 0 Å². The van der Waals surface area contributed by atoms with Gasteiger partial charge in [0, 0.05) is 27.3 Å². The molecule has 1 N–H and O–H groups in total. The van der Waals surface area contributed by atoms with Crippen molar-refractivity contribution >= 4 is 44.0 Å². The molecule has 0 aliphatic carbocycles. The van der Waals surface area contributed by atoms with Crippen molar-refractivity contribution < 1.29 is 19.2 Å². The van der Waals surface area contributed by atoms with Gasteiger partial charge in [0.2, 0.25) is 0 Å². The van der Waals surface area contributed by atoms with Crippen molar-refractivity contribution in [2.45, 2.75) is 13.8 Å². The van der Waals surface area contributed by atoms with Gasteiger partial charge in [0.05, 0.1) is 11.5 Å². The molecule has 1 heterocycles. The van der Waals surface area contributed by atoms with Gasteiger partial charge in [-0.05, 0) is 26.0 Å². The van der Waals surface area contributed by atoms with Crippen LogP contribution in [0.2, 0.25) is 0 Å². The van der Waals surface area contributed by atoms with Crippen LogP contribution in [-0.2, 0) is 4.74 Å². The molecule has 0 atom stereocenters. The molecule has 0 saturated carbocycles. The summed E-state index contributed by atoms with van der Waals surface area (Å²) >= 11 is 1.25. The number of amides is 1. The normalized spacial score (nSPS) is 10.6. The molecule has 0 aliphatic rings. The van der Waals surface area contributed by atoms with Crippen LogP contribution in [0.25, 0.3) is 10.1 Å². The number of hydrogen-bond acceptors (Lipinski definition) is 6. The number of thiophene rings is 1. The second-order valence-electron chi connectivity index (χ2n) is 5.68. The van der Waals surface area contributed by atoms with Crippen LogP contribution in [0.4, 0.5) is 10.7 Å². The van der Waals surface area contributed by atoms with E-state index in [1.165, 1.54) is 36.5 Å². The molecule has 7 nitrogen and oxygen atoms in total. The lowest BCUT2D eigenvalue weighted by Crippen LogP contribution is -2.16. The van der Waals surface area contributed by atoms with E-state index in [4.69, 9.17) is 4.74 Å². The number of anilines is 1. The Kier molecular flexibility index (Phi) is 5.18. The Morgan fingerprint density at radius 1 is 1.19 bits per heavy atom. The van der Waals surface area contributed by atoms with Gasteiger partial charge in [0.25, 0.3) is 11.6 Å². The Morgan fingerprint density at radius 3 is 2.63 bits per heavy atom. The van der Waals surface area contributed by atoms with Gasteiger partial charge >= 0.3 is 5.97 Å². The number of esters is 1. The summed E-state index contributed by atoms with van der Waals surface area (Å²) in [5, 5.41) is 14.9. The lowest BCUT2D eigenvalue weighted by atomic mass is 10.1. The predicted octanol–water partition coefficient (Wildman–Crippen LogP) is 4.55. The van der Waals surface area contributed by atoms with Crippen LogP contribution in [0.3, 0.4) is 0 Å². The average Bonchev–Trinajstić information content (AvgIpc) is 2.99. The van der Waals surface area contributed by atoms with E-state index in [0.29, 0.717) is 10.4 Å². The molecule has 0 fully saturated rings. The van der Waals surface area contributed by atoms with Crippen LogP contribution < -0.4 is 5.32 Å². The van der Waals surface area contributed by atoms with Crippen LogP contribution in [0.5, 0.6) is 0 Å². The SMILES string of the molecule is CCOC(=O)c1c(NC(=O)c2cccc([N+](=O)[O-])c2C)sc2ccccc12. The fourth-order valence-electron chi connectivity index (χ4n) is 2.78. The van der Waals surface area contributed by atoms with Gasteiger partial charge < -0.3 is 10.1 Å². The molecule has 27 heavy (non-hydrogen) atoms. The fourth-order valence-corrected chi connectivity index (χ4v) is 3.86. The molecule has 0 spiro atoms. The molecule has 0 aliphatic heterocycles. The van der Waals surface area contributed by atoms with E-state index in [1.54, 1.807) is 19.1 Å². The van der Waals surface area contributed by atoms with Gasteiger partial charge in [-0.25, -0.2) is 4.79 Å². The third-order valence-electron chi connectivity index (χ3n) is 4.05. The number of ether oxygens (including phenoxy) is 1. The van der Waals surface area contributed by atoms with Gasteiger partial charge in [-0.3, -0.25) is 14.9 Å². The van der Waals surface area contributed by atoms with Crippen molar-refractivity contribution in [1.29, 1.82) is 0 Å².